The third-order valence-corrected chi connectivity index (χ3v) is 7.50. The SMILES string of the molecule is O=C1CCC(N2C(=O)c3cccc(NCCOCCOCCOCCOCCOCCOCCOCCOc4ccccc4)c3C2=O)C(=O)N1. The van der Waals surface area contributed by atoms with Gasteiger partial charge in [-0.05, 0) is 30.7 Å². The minimum Gasteiger partial charge on any atom is -0.491 e. The van der Waals surface area contributed by atoms with E-state index in [9.17, 15) is 19.2 Å². The van der Waals surface area contributed by atoms with Crippen LogP contribution in [-0.4, -0.2) is 140 Å². The van der Waals surface area contributed by atoms with E-state index in [1.807, 2.05) is 30.3 Å². The van der Waals surface area contributed by atoms with Crippen molar-refractivity contribution in [2.45, 2.75) is 18.9 Å². The summed E-state index contributed by atoms with van der Waals surface area (Å²) in [7, 11) is 0. The molecule has 4 rings (SSSR count). The highest BCUT2D eigenvalue weighted by Crippen LogP contribution is 2.32. The normalized spacial score (nSPS) is 15.8. The number of amides is 4. The second-order valence-corrected chi connectivity index (χ2v) is 11.1. The Hall–Kier alpha value is -3.96. The zero-order chi connectivity index (χ0) is 35.2. The number of anilines is 1. The van der Waals surface area contributed by atoms with Gasteiger partial charge in [0.15, 0.2) is 0 Å². The maximum atomic E-state index is 13.1. The van der Waals surface area contributed by atoms with E-state index in [4.69, 9.17) is 37.9 Å². The van der Waals surface area contributed by atoms with Gasteiger partial charge in [0, 0.05) is 18.7 Å². The Labute approximate surface area is 291 Å². The number of imide groups is 2. The second kappa shape index (κ2) is 22.7. The van der Waals surface area contributed by atoms with Crippen molar-refractivity contribution in [1.82, 2.24) is 10.2 Å². The molecular formula is C35H47N3O12. The number of carbonyl (C=O) groups excluding carboxylic acids is 4. The number of para-hydroxylation sites is 1. The van der Waals surface area contributed by atoms with E-state index in [0.29, 0.717) is 111 Å². The quantitative estimate of drug-likeness (QED) is 0.102. The van der Waals surface area contributed by atoms with Crippen LogP contribution in [0, 0.1) is 0 Å². The van der Waals surface area contributed by atoms with Crippen LogP contribution >= 0.6 is 0 Å². The Morgan fingerprint density at radius 1 is 0.600 bits per heavy atom. The molecule has 0 saturated carbocycles. The number of hydrogen-bond acceptors (Lipinski definition) is 13. The summed E-state index contributed by atoms with van der Waals surface area (Å²) < 4.78 is 44.1. The average molecular weight is 702 g/mol. The van der Waals surface area contributed by atoms with Crippen LogP contribution in [0.5, 0.6) is 5.75 Å². The van der Waals surface area contributed by atoms with Crippen molar-refractivity contribution in [3.05, 3.63) is 59.7 Å². The number of carbonyl (C=O) groups is 4. The maximum absolute atomic E-state index is 13.1. The molecular weight excluding hydrogens is 654 g/mol. The number of piperidine rings is 1. The van der Waals surface area contributed by atoms with Crippen molar-refractivity contribution in [1.29, 1.82) is 0 Å². The number of fused-ring (bicyclic) bond motifs is 1. The molecule has 15 nitrogen and oxygen atoms in total. The molecule has 2 aromatic carbocycles. The van der Waals surface area contributed by atoms with Crippen LogP contribution in [0.3, 0.4) is 0 Å². The van der Waals surface area contributed by atoms with Crippen LogP contribution in [0.15, 0.2) is 48.5 Å². The number of nitrogens with one attached hydrogen (secondary N) is 2. The van der Waals surface area contributed by atoms with Gasteiger partial charge in [-0.15, -0.1) is 0 Å². The van der Waals surface area contributed by atoms with Gasteiger partial charge < -0.3 is 43.2 Å². The Morgan fingerprint density at radius 2 is 1.12 bits per heavy atom. The predicted molar refractivity (Wildman–Crippen MR) is 179 cm³/mol. The van der Waals surface area contributed by atoms with Crippen molar-refractivity contribution in [3.63, 3.8) is 0 Å². The molecule has 0 aromatic heterocycles. The van der Waals surface area contributed by atoms with E-state index >= 15 is 0 Å². The Morgan fingerprint density at radius 3 is 1.66 bits per heavy atom. The maximum Gasteiger partial charge on any atom is 0.264 e. The first kappa shape index (κ1) is 38.8. The van der Waals surface area contributed by atoms with Crippen LogP contribution in [0.2, 0.25) is 0 Å². The van der Waals surface area contributed by atoms with Crippen molar-refractivity contribution < 1.29 is 57.1 Å². The smallest absolute Gasteiger partial charge is 0.264 e. The summed E-state index contributed by atoms with van der Waals surface area (Å²) in [5.74, 6) is -1.33. The number of benzene rings is 2. The molecule has 2 N–H and O–H groups in total. The van der Waals surface area contributed by atoms with Gasteiger partial charge in [-0.1, -0.05) is 24.3 Å². The van der Waals surface area contributed by atoms with Crippen molar-refractivity contribution >= 4 is 29.3 Å². The van der Waals surface area contributed by atoms with E-state index in [2.05, 4.69) is 10.6 Å². The minimum atomic E-state index is -1.01. The zero-order valence-electron chi connectivity index (χ0n) is 28.3. The second-order valence-electron chi connectivity index (χ2n) is 11.1. The van der Waals surface area contributed by atoms with E-state index in [1.54, 1.807) is 18.2 Å². The minimum absolute atomic E-state index is 0.0680. The van der Waals surface area contributed by atoms with Crippen LogP contribution in [-0.2, 0) is 42.7 Å². The van der Waals surface area contributed by atoms with Gasteiger partial charge in [-0.2, -0.15) is 0 Å². The van der Waals surface area contributed by atoms with E-state index in [0.717, 1.165) is 10.6 Å². The molecule has 1 fully saturated rings. The highest BCUT2D eigenvalue weighted by Gasteiger charge is 2.45. The summed E-state index contributed by atoms with van der Waals surface area (Å²) in [5.41, 5.74) is 0.915. The molecule has 1 saturated heterocycles. The molecule has 1 unspecified atom stereocenters. The summed E-state index contributed by atoms with van der Waals surface area (Å²) in [5, 5.41) is 5.33. The van der Waals surface area contributed by atoms with Gasteiger partial charge in [0.25, 0.3) is 11.8 Å². The van der Waals surface area contributed by atoms with Crippen molar-refractivity contribution in [3.8, 4) is 5.75 Å². The highest BCUT2D eigenvalue weighted by molar-refractivity contribution is 6.25. The molecule has 274 valence electrons. The fourth-order valence-corrected chi connectivity index (χ4v) is 5.08. The first-order valence-corrected chi connectivity index (χ1v) is 16.9. The molecule has 1 atom stereocenters. The van der Waals surface area contributed by atoms with Gasteiger partial charge >= 0.3 is 0 Å². The number of nitrogens with zero attached hydrogens (tertiary/aromatic N) is 1. The first-order valence-electron chi connectivity index (χ1n) is 16.9. The molecule has 2 heterocycles. The Balaban J connectivity index is 0.889. The first-order chi connectivity index (χ1) is 24.6. The van der Waals surface area contributed by atoms with Gasteiger partial charge in [0.2, 0.25) is 11.8 Å². The summed E-state index contributed by atoms with van der Waals surface area (Å²) in [6.45, 7) is 7.20. The van der Waals surface area contributed by atoms with Crippen LogP contribution in [0.1, 0.15) is 33.6 Å². The number of ether oxygens (including phenoxy) is 8. The summed E-state index contributed by atoms with van der Waals surface area (Å²) >= 11 is 0. The highest BCUT2D eigenvalue weighted by atomic mass is 16.6. The molecule has 2 aliphatic rings. The fraction of sp³-hybridized carbons (Fsp3) is 0.543. The van der Waals surface area contributed by atoms with Gasteiger partial charge in [0.1, 0.15) is 18.4 Å². The third-order valence-electron chi connectivity index (χ3n) is 7.50. The van der Waals surface area contributed by atoms with E-state index in [1.165, 1.54) is 0 Å². The van der Waals surface area contributed by atoms with Crippen molar-refractivity contribution in [2.75, 3.05) is 111 Å². The monoisotopic (exact) mass is 701 g/mol. The molecule has 0 spiro atoms. The topological polar surface area (TPSA) is 169 Å². The van der Waals surface area contributed by atoms with Gasteiger partial charge in [0.05, 0.1) is 104 Å². The van der Waals surface area contributed by atoms with Crippen LogP contribution in [0.25, 0.3) is 0 Å². The van der Waals surface area contributed by atoms with Crippen LogP contribution < -0.4 is 15.4 Å². The van der Waals surface area contributed by atoms with Gasteiger partial charge in [-0.3, -0.25) is 29.4 Å². The molecule has 2 aliphatic heterocycles. The number of hydrogen-bond donors (Lipinski definition) is 2. The average Bonchev–Trinajstić information content (AvgIpc) is 3.38. The summed E-state index contributed by atoms with van der Waals surface area (Å²) in [6, 6.07) is 13.5. The lowest BCUT2D eigenvalue weighted by atomic mass is 10.0. The molecule has 50 heavy (non-hydrogen) atoms. The fourth-order valence-electron chi connectivity index (χ4n) is 5.08. The predicted octanol–water partition coefficient (Wildman–Crippen LogP) is 1.69. The zero-order valence-corrected chi connectivity index (χ0v) is 28.3. The number of rotatable bonds is 27. The molecule has 0 radical (unpaired) electrons. The van der Waals surface area contributed by atoms with E-state index < -0.39 is 29.7 Å². The molecule has 0 aliphatic carbocycles. The molecule has 15 heteroatoms. The van der Waals surface area contributed by atoms with Crippen LogP contribution in [0.4, 0.5) is 5.69 Å². The standard InChI is InChI=1S/C35H47N3O12/c39-31-10-9-30(33(40)37-31)38-34(41)28-7-4-8-29(32(28)35(38)42)36-11-12-43-13-14-44-15-16-45-17-18-46-19-20-47-21-22-48-23-24-49-25-26-50-27-5-2-1-3-6-27/h1-8,30,36H,9-26H2,(H,37,39,40). The van der Waals surface area contributed by atoms with E-state index in [-0.39, 0.29) is 24.0 Å². The van der Waals surface area contributed by atoms with Crippen molar-refractivity contribution in [2.24, 2.45) is 0 Å². The largest absolute Gasteiger partial charge is 0.491 e. The molecule has 0 bridgehead atoms. The Kier molecular flexibility index (Phi) is 17.6. The Bertz CT molecular complexity index is 1350. The lowest BCUT2D eigenvalue weighted by Gasteiger charge is -2.27. The summed E-state index contributed by atoms with van der Waals surface area (Å²) in [4.78, 5) is 50.8. The third kappa shape index (κ3) is 13.1. The van der Waals surface area contributed by atoms with Gasteiger partial charge in [-0.25, -0.2) is 0 Å². The lowest BCUT2D eigenvalue weighted by Crippen LogP contribution is -2.54. The molecule has 4 amide bonds. The summed E-state index contributed by atoms with van der Waals surface area (Å²) in [6.07, 6.45) is 0.174. The lowest BCUT2D eigenvalue weighted by molar-refractivity contribution is -0.136. The molecule has 2 aromatic rings.